The average molecular weight is 302 g/mol. The molecule has 112 valence electrons. The first kappa shape index (κ1) is 17.3. The molecule has 0 spiro atoms. The van der Waals surface area contributed by atoms with Gasteiger partial charge in [-0.1, -0.05) is 6.07 Å². The zero-order valence-electron chi connectivity index (χ0n) is 12.8. The maximum absolute atomic E-state index is 14.4. The first-order valence-electron chi connectivity index (χ1n) is 6.52. The molecular formula is C14H22BClFNO2. The molecule has 0 bridgehead atoms. The molecule has 1 heterocycles. The van der Waals surface area contributed by atoms with Gasteiger partial charge >= 0.3 is 7.12 Å². The SMILES string of the molecule is CNc1ccc(B2OC(C)(C)C(C)(C)O2)c(F)c1C.Cl. The predicted molar refractivity (Wildman–Crippen MR) is 83.6 cm³/mol. The molecule has 6 heteroatoms. The number of rotatable bonds is 2. The molecule has 2 rings (SSSR count). The van der Waals surface area contributed by atoms with E-state index in [2.05, 4.69) is 5.32 Å². The standard InChI is InChI=1S/C14H21BFNO2.ClH/c1-9-11(17-6)8-7-10(12(9)16)15-18-13(2,3)14(4,5)19-15;/h7-8,17H,1-6H3;1H. The quantitative estimate of drug-likeness (QED) is 0.852. The van der Waals surface area contributed by atoms with E-state index in [-0.39, 0.29) is 18.2 Å². The molecule has 0 aromatic heterocycles. The first-order valence-corrected chi connectivity index (χ1v) is 6.52. The summed E-state index contributed by atoms with van der Waals surface area (Å²) in [5.41, 5.74) is 0.891. The van der Waals surface area contributed by atoms with Gasteiger partial charge in [0.25, 0.3) is 0 Å². The summed E-state index contributed by atoms with van der Waals surface area (Å²) in [4.78, 5) is 0. The van der Waals surface area contributed by atoms with Crippen LogP contribution in [-0.4, -0.2) is 25.4 Å². The minimum atomic E-state index is -0.658. The molecule has 1 saturated heterocycles. The van der Waals surface area contributed by atoms with Crippen LogP contribution in [0.25, 0.3) is 0 Å². The Hall–Kier alpha value is -0.775. The summed E-state index contributed by atoms with van der Waals surface area (Å²) in [6, 6.07) is 3.56. The average Bonchev–Trinajstić information content (AvgIpc) is 2.51. The third kappa shape index (κ3) is 2.67. The number of hydrogen-bond acceptors (Lipinski definition) is 3. The van der Waals surface area contributed by atoms with E-state index in [0.29, 0.717) is 11.0 Å². The molecule has 20 heavy (non-hydrogen) atoms. The van der Waals surface area contributed by atoms with E-state index in [1.807, 2.05) is 33.8 Å². The summed E-state index contributed by atoms with van der Waals surface area (Å²) in [5, 5.41) is 2.96. The van der Waals surface area contributed by atoms with Crippen LogP contribution in [-0.2, 0) is 9.31 Å². The maximum atomic E-state index is 14.4. The second-order valence-electron chi connectivity index (χ2n) is 5.98. The molecule has 3 nitrogen and oxygen atoms in total. The van der Waals surface area contributed by atoms with Gasteiger partial charge in [-0.25, -0.2) is 4.39 Å². The van der Waals surface area contributed by atoms with Gasteiger partial charge < -0.3 is 14.6 Å². The van der Waals surface area contributed by atoms with Crippen LogP contribution in [0.15, 0.2) is 12.1 Å². The molecule has 1 N–H and O–H groups in total. The Morgan fingerprint density at radius 1 is 1.10 bits per heavy atom. The third-order valence-electron chi connectivity index (χ3n) is 4.19. The lowest BCUT2D eigenvalue weighted by Gasteiger charge is -2.32. The molecular weight excluding hydrogens is 279 g/mol. The Morgan fingerprint density at radius 3 is 2.05 bits per heavy atom. The van der Waals surface area contributed by atoms with Crippen LogP contribution in [0.1, 0.15) is 33.3 Å². The summed E-state index contributed by atoms with van der Waals surface area (Å²) in [6.45, 7) is 9.58. The number of benzene rings is 1. The number of halogens is 2. The Kier molecular flexibility index (Phi) is 4.79. The van der Waals surface area contributed by atoms with Crippen LogP contribution in [0.5, 0.6) is 0 Å². The number of nitrogens with one attached hydrogen (secondary N) is 1. The van der Waals surface area contributed by atoms with Crippen LogP contribution in [0.3, 0.4) is 0 Å². The molecule has 0 atom stereocenters. The summed E-state index contributed by atoms with van der Waals surface area (Å²) in [7, 11) is 1.12. The fourth-order valence-corrected chi connectivity index (χ4v) is 2.13. The van der Waals surface area contributed by atoms with Gasteiger partial charge in [0.05, 0.1) is 11.2 Å². The normalized spacial score (nSPS) is 19.6. The van der Waals surface area contributed by atoms with E-state index in [9.17, 15) is 4.39 Å². The zero-order valence-corrected chi connectivity index (χ0v) is 13.7. The molecule has 1 aromatic carbocycles. The largest absolute Gasteiger partial charge is 0.497 e. The van der Waals surface area contributed by atoms with Crippen LogP contribution in [0.4, 0.5) is 10.1 Å². The summed E-state index contributed by atoms with van der Waals surface area (Å²) in [6.07, 6.45) is 0. The summed E-state index contributed by atoms with van der Waals surface area (Å²) in [5.74, 6) is -0.273. The fraction of sp³-hybridized carbons (Fsp3) is 0.571. The van der Waals surface area contributed by atoms with E-state index in [1.54, 1.807) is 20.0 Å². The molecule has 0 unspecified atom stereocenters. The fourth-order valence-electron chi connectivity index (χ4n) is 2.13. The molecule has 1 aromatic rings. The molecule has 1 fully saturated rings. The predicted octanol–water partition coefficient (Wildman–Crippen LogP) is 2.90. The van der Waals surface area contributed by atoms with Gasteiger partial charge in [0.15, 0.2) is 0 Å². The Labute approximate surface area is 126 Å². The second kappa shape index (κ2) is 5.55. The number of hydrogen-bond donors (Lipinski definition) is 1. The van der Waals surface area contributed by atoms with E-state index in [1.165, 1.54) is 0 Å². The van der Waals surface area contributed by atoms with Crippen molar-refractivity contribution in [1.82, 2.24) is 0 Å². The van der Waals surface area contributed by atoms with Crippen LogP contribution < -0.4 is 10.8 Å². The van der Waals surface area contributed by atoms with Gasteiger partial charge in [-0.15, -0.1) is 12.4 Å². The molecule has 0 radical (unpaired) electrons. The minimum Gasteiger partial charge on any atom is -0.399 e. The second-order valence-corrected chi connectivity index (χ2v) is 5.98. The van der Waals surface area contributed by atoms with E-state index in [4.69, 9.17) is 9.31 Å². The first-order chi connectivity index (χ1) is 8.69. The molecule has 1 aliphatic rings. The van der Waals surface area contributed by atoms with Gasteiger partial charge in [0.1, 0.15) is 5.82 Å². The van der Waals surface area contributed by atoms with Crippen LogP contribution >= 0.6 is 12.4 Å². The highest BCUT2D eigenvalue weighted by Gasteiger charge is 2.52. The lowest BCUT2D eigenvalue weighted by Crippen LogP contribution is -2.41. The van der Waals surface area contributed by atoms with Crippen molar-refractivity contribution in [2.24, 2.45) is 0 Å². The van der Waals surface area contributed by atoms with Crippen molar-refractivity contribution < 1.29 is 13.7 Å². The van der Waals surface area contributed by atoms with Gasteiger partial charge in [-0.3, -0.25) is 0 Å². The molecule has 0 aliphatic carbocycles. The van der Waals surface area contributed by atoms with Gasteiger partial charge in [-0.2, -0.15) is 0 Å². The van der Waals surface area contributed by atoms with Crippen molar-refractivity contribution in [1.29, 1.82) is 0 Å². The van der Waals surface area contributed by atoms with Crippen LogP contribution in [0.2, 0.25) is 0 Å². The topological polar surface area (TPSA) is 30.5 Å². The van der Waals surface area contributed by atoms with E-state index < -0.39 is 18.3 Å². The third-order valence-corrected chi connectivity index (χ3v) is 4.19. The van der Waals surface area contributed by atoms with Crippen molar-refractivity contribution in [3.8, 4) is 0 Å². The van der Waals surface area contributed by atoms with E-state index >= 15 is 0 Å². The van der Waals surface area contributed by atoms with E-state index in [0.717, 1.165) is 5.69 Å². The highest BCUT2D eigenvalue weighted by molar-refractivity contribution is 6.62. The molecule has 0 amide bonds. The highest BCUT2D eigenvalue weighted by Crippen LogP contribution is 2.36. The van der Waals surface area contributed by atoms with Crippen molar-refractivity contribution in [3.63, 3.8) is 0 Å². The summed E-state index contributed by atoms with van der Waals surface area (Å²) >= 11 is 0. The lowest BCUT2D eigenvalue weighted by atomic mass is 9.77. The maximum Gasteiger partial charge on any atom is 0.497 e. The summed E-state index contributed by atoms with van der Waals surface area (Å²) < 4.78 is 26.2. The Bertz CT molecular complexity index is 492. The van der Waals surface area contributed by atoms with Crippen molar-refractivity contribution in [3.05, 3.63) is 23.5 Å². The number of anilines is 1. The van der Waals surface area contributed by atoms with Crippen molar-refractivity contribution in [2.75, 3.05) is 12.4 Å². The van der Waals surface area contributed by atoms with Gasteiger partial charge in [0, 0.05) is 23.8 Å². The van der Waals surface area contributed by atoms with Gasteiger partial charge in [-0.05, 0) is 40.7 Å². The van der Waals surface area contributed by atoms with Crippen LogP contribution in [0, 0.1) is 12.7 Å². The van der Waals surface area contributed by atoms with Crippen molar-refractivity contribution >= 4 is 30.7 Å². The molecule has 0 saturated carbocycles. The Morgan fingerprint density at radius 2 is 1.60 bits per heavy atom. The monoisotopic (exact) mass is 301 g/mol. The lowest BCUT2D eigenvalue weighted by molar-refractivity contribution is 0.00578. The Balaban J connectivity index is 0.00000200. The van der Waals surface area contributed by atoms with Gasteiger partial charge in [0.2, 0.25) is 0 Å². The van der Waals surface area contributed by atoms with Crippen molar-refractivity contribution in [2.45, 2.75) is 45.8 Å². The highest BCUT2D eigenvalue weighted by atomic mass is 35.5. The molecule has 1 aliphatic heterocycles. The smallest absolute Gasteiger partial charge is 0.399 e. The minimum absolute atomic E-state index is 0. The zero-order chi connectivity index (χ0) is 14.4.